The van der Waals surface area contributed by atoms with Crippen molar-refractivity contribution in [3.8, 4) is 115 Å². The predicted molar refractivity (Wildman–Crippen MR) is 491 cm³/mol. The number of carbonyl (C=O) groups excluding carboxylic acids is 2. The van der Waals surface area contributed by atoms with Gasteiger partial charge in [0.05, 0.1) is 40.5 Å². The third-order valence-corrected chi connectivity index (χ3v) is 21.1. The van der Waals surface area contributed by atoms with Gasteiger partial charge in [-0.25, -0.2) is 0 Å². The number of methoxy groups -OCH3 is 2. The number of phenolic OH excluding ortho intramolecular Hbond substituents is 9. The maximum atomic E-state index is 12.4. The first kappa shape index (κ1) is 107. The molecule has 33 heteroatoms. The van der Waals surface area contributed by atoms with Crippen LogP contribution >= 0.6 is 0 Å². The second kappa shape index (κ2) is 52.1. The van der Waals surface area contributed by atoms with Gasteiger partial charge < -0.3 is 149 Å². The maximum absolute atomic E-state index is 12.4. The van der Waals surface area contributed by atoms with Crippen LogP contribution in [0.15, 0.2) is 243 Å². The molecule has 4 bridgehead atoms. The van der Waals surface area contributed by atoms with Crippen LogP contribution in [0.5, 0.6) is 115 Å². The SMILES string of the molecule is C=O.COc1cc(C(CO)Oc2ccc(C(O)C(COc3ccc(C)cc3)Oc3ccccc3O)cc2O)ccc1O.COc1cc2cc(c1O)Cc1cc(c(O)cc1C(O)C(COc1ccc(C)cc1)Oc1cccc(Cc3ccc(O)c(OC(COc4ccc(C)cc4)C(O)c4ccc(OC(CO)c5ccc(O)c(C)c5)c(O)c4)c3)c1O)OC2CO.O=COC/C=C\CC(=O)O.[HH].[K+].[OH-]. The molecule has 710 valence electrons. The Morgan fingerprint density at radius 1 is 0.452 bits per heavy atom. The van der Waals surface area contributed by atoms with Gasteiger partial charge in [0, 0.05) is 25.4 Å². The number of phenols is 9. The van der Waals surface area contributed by atoms with Crippen molar-refractivity contribution in [2.24, 2.45) is 0 Å². The molecule has 0 fully saturated rings. The molecular formula is C102H109KO32. The molecule has 0 saturated carbocycles. The standard InChI is InChI=1S/C64H64O17.C31H32O9.C6H8O4.CH2O.K.H2O.H2/c1-35-8-15-45(16-9-35)76-33-59(62(72)41-14-21-52(50(69)27-41)78-57(31-65)39-13-20-48(67)37(3)22-39)81-54-24-38(12-19-49(54)68)23-40-6-5-7-53(61(40)71)79-60(34-77-46-17-10-36(2)11-18-46)64(74)47-30-51(70)55-28-42(47)25-44-26-43(58(32-66)80-55)29-56(75-4)63(44)73;1-19-7-11-22(12-8-19)38-18-30(40-26-6-4-3-5-23(26)33)31(36)21-10-14-27(25(35)15-21)39-29(17-32)20-9-13-24(34)28(16-20)37-2;7-5-10-4-2-1-3-6(8)9;1-2;;;/h5-22,24,26-30,57-60,62,64-74H,23,25,31-34H2,1-4H3;3-16,29-36H,17-18H2,1-2H3;1-2,5H,3-4H2,(H,8,9);1H2;;1H2;1H/q;;;;+1;;/p-1/b;;2-1-;;;;. The summed E-state index contributed by atoms with van der Waals surface area (Å²) in [4.78, 5) is 27.4. The number of hydrogen-bond donors (Lipinski definition) is 16. The van der Waals surface area contributed by atoms with Gasteiger partial charge in [-0.1, -0.05) is 120 Å². The van der Waals surface area contributed by atoms with Gasteiger partial charge in [-0.2, -0.15) is 0 Å². The molecule has 1 heterocycles. The van der Waals surface area contributed by atoms with Crippen molar-refractivity contribution in [1.29, 1.82) is 0 Å². The van der Waals surface area contributed by atoms with Gasteiger partial charge in [0.2, 0.25) is 0 Å². The number of rotatable bonds is 39. The fourth-order valence-corrected chi connectivity index (χ4v) is 13.8. The number of benzene rings is 12. The van der Waals surface area contributed by atoms with E-state index in [0.29, 0.717) is 73.8 Å². The third-order valence-electron chi connectivity index (χ3n) is 21.1. The van der Waals surface area contributed by atoms with Crippen molar-refractivity contribution < 1.29 is 211 Å². The molecule has 9 atom stereocenters. The number of ether oxygens (including phenoxy) is 12. The van der Waals surface area contributed by atoms with Crippen LogP contribution in [0.2, 0.25) is 0 Å². The van der Waals surface area contributed by atoms with Crippen molar-refractivity contribution in [3.63, 3.8) is 0 Å². The van der Waals surface area contributed by atoms with Crippen LogP contribution < -0.4 is 103 Å². The minimum atomic E-state index is -1.54. The number of carboxylic acids is 1. The minimum Gasteiger partial charge on any atom is -0.870 e. The summed E-state index contributed by atoms with van der Waals surface area (Å²) in [5, 5.41) is 172. The summed E-state index contributed by atoms with van der Waals surface area (Å²) < 4.78 is 69.7. The molecule has 17 N–H and O–H groups in total. The van der Waals surface area contributed by atoms with Gasteiger partial charge in [0.1, 0.15) is 92.8 Å². The number of para-hydroxylation sites is 3. The van der Waals surface area contributed by atoms with Crippen LogP contribution in [-0.2, 0) is 32.0 Å². The van der Waals surface area contributed by atoms with Gasteiger partial charge >= 0.3 is 57.4 Å². The number of hydrogen-bond acceptors (Lipinski definition) is 31. The Hall–Kier alpha value is -13.7. The molecule has 0 spiro atoms. The van der Waals surface area contributed by atoms with Crippen LogP contribution in [0.25, 0.3) is 0 Å². The van der Waals surface area contributed by atoms with Crippen molar-refractivity contribution in [2.45, 2.75) is 102 Å². The maximum Gasteiger partial charge on any atom is 1.00 e. The topological polar surface area (TPSA) is 516 Å². The first-order valence-electron chi connectivity index (χ1n) is 41.7. The summed E-state index contributed by atoms with van der Waals surface area (Å²) in [6, 6.07) is 61.7. The Morgan fingerprint density at radius 2 is 0.926 bits per heavy atom. The molecule has 9 unspecified atom stereocenters. The number of fused-ring (bicyclic) bond motifs is 4. The van der Waals surface area contributed by atoms with Crippen LogP contribution in [0.3, 0.4) is 0 Å². The number of aliphatic carboxylic acids is 1. The average Bonchev–Trinajstić information content (AvgIpc) is 1.58. The van der Waals surface area contributed by atoms with E-state index in [1.54, 1.807) is 122 Å². The molecule has 12 aromatic carbocycles. The zero-order chi connectivity index (χ0) is 96.0. The molecule has 0 radical (unpaired) electrons. The van der Waals surface area contributed by atoms with Crippen LogP contribution in [-0.4, -0.2) is 185 Å². The predicted octanol–water partition coefficient (Wildman–Crippen LogP) is 11.6. The van der Waals surface area contributed by atoms with E-state index < -0.39 is 80.7 Å². The molecule has 32 nitrogen and oxygen atoms in total. The van der Waals surface area contributed by atoms with Crippen molar-refractivity contribution >= 4 is 19.2 Å². The number of aromatic hydroxyl groups is 9. The Labute approximate surface area is 822 Å². The molecule has 1 aliphatic heterocycles. The smallest absolute Gasteiger partial charge is 0.870 e. The van der Waals surface area contributed by atoms with E-state index in [2.05, 4.69) is 4.74 Å². The van der Waals surface area contributed by atoms with E-state index in [4.69, 9.17) is 62.0 Å². The van der Waals surface area contributed by atoms with Crippen molar-refractivity contribution in [2.75, 3.05) is 60.5 Å². The van der Waals surface area contributed by atoms with E-state index in [0.717, 1.165) is 16.7 Å². The fourth-order valence-electron chi connectivity index (χ4n) is 13.8. The molecule has 0 aromatic heterocycles. The fraction of sp³-hybridized carbons (Fsp3) is 0.245. The van der Waals surface area contributed by atoms with E-state index in [9.17, 15) is 86.2 Å². The van der Waals surface area contributed by atoms with Gasteiger partial charge in [-0.05, 0) is 217 Å². The van der Waals surface area contributed by atoms with E-state index in [-0.39, 0.29) is 213 Å². The number of aryl methyl sites for hydroxylation is 4. The average molecular weight is 1890 g/mol. The van der Waals surface area contributed by atoms with Gasteiger partial charge in [0.15, 0.2) is 110 Å². The summed E-state index contributed by atoms with van der Waals surface area (Å²) in [7, 11) is 2.81. The summed E-state index contributed by atoms with van der Waals surface area (Å²) in [6.07, 6.45) is -7.41. The Kier molecular flexibility index (Phi) is 41.2. The molecule has 0 saturated heterocycles. The number of carbonyl (C=O) groups is 3. The van der Waals surface area contributed by atoms with E-state index in [1.807, 2.05) is 64.0 Å². The molecule has 0 amide bonds. The normalized spacial score (nSPS) is 13.4. The Balaban J connectivity index is 0.000000381. The summed E-state index contributed by atoms with van der Waals surface area (Å²) in [5.41, 5.74) is 7.67. The first-order valence-corrected chi connectivity index (χ1v) is 41.7. The van der Waals surface area contributed by atoms with Crippen LogP contribution in [0.1, 0.15) is 122 Å². The van der Waals surface area contributed by atoms with Gasteiger partial charge in [-0.3, -0.25) is 9.59 Å². The molecule has 135 heavy (non-hydrogen) atoms. The van der Waals surface area contributed by atoms with Crippen LogP contribution in [0, 0.1) is 27.7 Å². The third kappa shape index (κ3) is 29.7. The van der Waals surface area contributed by atoms with Crippen molar-refractivity contribution in [1.82, 2.24) is 0 Å². The number of aliphatic hydroxyl groups excluding tert-OH is 6. The monoisotopic (exact) mass is 1880 g/mol. The van der Waals surface area contributed by atoms with E-state index >= 15 is 0 Å². The zero-order valence-electron chi connectivity index (χ0n) is 74.9. The Morgan fingerprint density at radius 3 is 1.43 bits per heavy atom. The quantitative estimate of drug-likeness (QED) is 0.00736. The Bertz CT molecular complexity index is 5870. The zero-order valence-corrected chi connectivity index (χ0v) is 78.0. The summed E-state index contributed by atoms with van der Waals surface area (Å²) >= 11 is 0. The first-order chi connectivity index (χ1) is 64.0. The molecule has 12 aromatic rings. The minimum absolute atomic E-state index is 0. The number of aliphatic hydroxyl groups is 6. The van der Waals surface area contributed by atoms with Crippen LogP contribution in [0.4, 0.5) is 0 Å². The van der Waals surface area contributed by atoms with Crippen molar-refractivity contribution in [3.05, 3.63) is 321 Å². The number of carboxylic acid groups (broad SMARTS) is 1. The van der Waals surface area contributed by atoms with Gasteiger partial charge in [0.25, 0.3) is 6.47 Å². The molecular weight excluding hydrogens is 1780 g/mol. The second-order valence-electron chi connectivity index (χ2n) is 30.6. The molecule has 0 aliphatic carbocycles. The molecule has 13 rings (SSSR count). The van der Waals surface area contributed by atoms with E-state index in [1.165, 1.54) is 105 Å². The summed E-state index contributed by atoms with van der Waals surface area (Å²) in [5.74, 6) is -0.549. The largest absolute Gasteiger partial charge is 1.00 e. The molecule has 1 aliphatic rings. The van der Waals surface area contributed by atoms with Gasteiger partial charge in [-0.15, -0.1) is 0 Å². The summed E-state index contributed by atoms with van der Waals surface area (Å²) in [6.45, 7) is 8.12. The second-order valence-corrected chi connectivity index (χ2v) is 30.6.